The van der Waals surface area contributed by atoms with Gasteiger partial charge in [0.25, 0.3) is 0 Å². The lowest BCUT2D eigenvalue weighted by molar-refractivity contribution is -0.00000694. The van der Waals surface area contributed by atoms with Gasteiger partial charge in [0.05, 0.1) is 19.4 Å². The first-order valence-electron chi connectivity index (χ1n) is 9.86. The van der Waals surface area contributed by atoms with Crippen LogP contribution in [0.5, 0.6) is 0 Å². The van der Waals surface area contributed by atoms with Gasteiger partial charge < -0.3 is 33.6 Å². The van der Waals surface area contributed by atoms with Crippen LogP contribution in [-0.2, 0) is 4.74 Å². The van der Waals surface area contributed by atoms with Crippen molar-refractivity contribution in [2.75, 3.05) is 26.3 Å². The molecule has 0 aromatic heterocycles. The molecule has 0 spiro atoms. The SMILES string of the molecule is N#CC(=CN1CCOCC1)[P+](c1ccccc1)(c1ccccc1)c1ccccc1.[I-]. The van der Waals surface area contributed by atoms with E-state index in [9.17, 15) is 5.26 Å². The molecule has 0 radical (unpaired) electrons. The molecule has 0 atom stereocenters. The summed E-state index contributed by atoms with van der Waals surface area (Å²) in [5, 5.41) is 14.8. The second-order valence-corrected chi connectivity index (χ2v) is 10.3. The predicted octanol–water partition coefficient (Wildman–Crippen LogP) is 0.682. The Morgan fingerprint density at radius 1 is 0.767 bits per heavy atom. The Hall–Kier alpha value is -2.19. The lowest BCUT2D eigenvalue weighted by atomic mass is 10.3. The minimum atomic E-state index is -2.31. The average Bonchev–Trinajstić information content (AvgIpc) is 2.82. The largest absolute Gasteiger partial charge is 1.00 e. The average molecular weight is 526 g/mol. The number of allylic oxidation sites excluding steroid dienone is 1. The molecule has 1 aliphatic heterocycles. The van der Waals surface area contributed by atoms with E-state index in [4.69, 9.17) is 4.74 Å². The molecule has 5 heteroatoms. The second kappa shape index (κ2) is 10.7. The Bertz CT molecular complexity index is 901. The van der Waals surface area contributed by atoms with E-state index >= 15 is 0 Å². The van der Waals surface area contributed by atoms with Gasteiger partial charge >= 0.3 is 0 Å². The number of hydrogen-bond donors (Lipinski definition) is 0. The van der Waals surface area contributed by atoms with Crippen molar-refractivity contribution in [3.63, 3.8) is 0 Å². The van der Waals surface area contributed by atoms with Crippen LogP contribution in [0.3, 0.4) is 0 Å². The highest BCUT2D eigenvalue weighted by molar-refractivity contribution is 7.99. The van der Waals surface area contributed by atoms with Gasteiger partial charge in [0.2, 0.25) is 5.31 Å². The van der Waals surface area contributed by atoms with E-state index in [1.807, 2.05) is 18.2 Å². The van der Waals surface area contributed by atoms with Gasteiger partial charge in [-0.1, -0.05) is 54.6 Å². The van der Waals surface area contributed by atoms with Crippen molar-refractivity contribution in [3.05, 3.63) is 103 Å². The van der Waals surface area contributed by atoms with Crippen molar-refractivity contribution in [1.82, 2.24) is 4.90 Å². The maximum atomic E-state index is 10.4. The monoisotopic (exact) mass is 526 g/mol. The van der Waals surface area contributed by atoms with Crippen LogP contribution in [0.25, 0.3) is 0 Å². The quantitative estimate of drug-likeness (QED) is 0.279. The fourth-order valence-electron chi connectivity index (χ4n) is 3.89. The summed E-state index contributed by atoms with van der Waals surface area (Å²) in [6, 6.07) is 34.1. The third-order valence-corrected chi connectivity index (χ3v) is 9.41. The zero-order chi connectivity index (χ0) is 19.9. The molecule has 3 aromatic rings. The lowest BCUT2D eigenvalue weighted by Gasteiger charge is -2.30. The summed E-state index contributed by atoms with van der Waals surface area (Å²) in [6.07, 6.45) is 2.09. The van der Waals surface area contributed by atoms with E-state index < -0.39 is 7.26 Å². The van der Waals surface area contributed by atoms with Crippen molar-refractivity contribution >= 4 is 23.2 Å². The maximum absolute atomic E-state index is 10.4. The number of hydrogen-bond acceptors (Lipinski definition) is 3. The number of morpholine rings is 1. The number of benzene rings is 3. The number of nitriles is 1. The molecule has 0 unspecified atom stereocenters. The summed E-state index contributed by atoms with van der Waals surface area (Å²) >= 11 is 0. The van der Waals surface area contributed by atoms with Crippen LogP contribution in [0.2, 0.25) is 0 Å². The van der Waals surface area contributed by atoms with E-state index in [1.54, 1.807) is 0 Å². The van der Waals surface area contributed by atoms with Crippen LogP contribution in [0.4, 0.5) is 0 Å². The number of nitrogens with zero attached hydrogens (tertiary/aromatic N) is 2. The Morgan fingerprint density at radius 2 is 1.17 bits per heavy atom. The molecular formula is C25H24IN2OP. The van der Waals surface area contributed by atoms with Gasteiger partial charge in [-0.05, 0) is 36.4 Å². The molecule has 30 heavy (non-hydrogen) atoms. The van der Waals surface area contributed by atoms with Gasteiger partial charge in [0.15, 0.2) is 7.26 Å². The summed E-state index contributed by atoms with van der Waals surface area (Å²) in [6.45, 7) is 3.01. The minimum Gasteiger partial charge on any atom is -1.00 e. The third-order valence-electron chi connectivity index (χ3n) is 5.26. The summed E-state index contributed by atoms with van der Waals surface area (Å²) in [4.78, 5) is 2.23. The molecular weight excluding hydrogens is 502 g/mol. The number of halogens is 1. The number of ether oxygens (including phenoxy) is 1. The van der Waals surface area contributed by atoms with Crippen molar-refractivity contribution < 1.29 is 28.7 Å². The molecule has 4 rings (SSSR count). The Balaban J connectivity index is 0.00000256. The first kappa shape index (κ1) is 22.5. The van der Waals surface area contributed by atoms with E-state index in [0.29, 0.717) is 13.2 Å². The van der Waals surface area contributed by atoms with E-state index in [1.165, 1.54) is 15.9 Å². The van der Waals surface area contributed by atoms with Gasteiger partial charge in [-0.2, -0.15) is 5.26 Å². The highest BCUT2D eigenvalue weighted by atomic mass is 127. The molecule has 0 amide bonds. The van der Waals surface area contributed by atoms with Crippen LogP contribution in [0.15, 0.2) is 103 Å². The zero-order valence-corrected chi connectivity index (χ0v) is 19.7. The maximum Gasteiger partial charge on any atom is 0.201 e. The Labute approximate surface area is 196 Å². The van der Waals surface area contributed by atoms with Crippen molar-refractivity contribution in [2.45, 2.75) is 0 Å². The third kappa shape index (κ3) is 4.44. The van der Waals surface area contributed by atoms with Crippen molar-refractivity contribution in [1.29, 1.82) is 5.26 Å². The minimum absolute atomic E-state index is 0. The van der Waals surface area contributed by atoms with Crippen LogP contribution in [0, 0.1) is 11.3 Å². The molecule has 1 fully saturated rings. The summed E-state index contributed by atoms with van der Waals surface area (Å²) in [7, 11) is -2.31. The zero-order valence-electron chi connectivity index (χ0n) is 16.7. The van der Waals surface area contributed by atoms with Crippen LogP contribution in [-0.4, -0.2) is 31.2 Å². The Morgan fingerprint density at radius 3 is 1.53 bits per heavy atom. The lowest BCUT2D eigenvalue weighted by Crippen LogP contribution is -3.00. The molecule has 3 nitrogen and oxygen atoms in total. The van der Waals surface area contributed by atoms with Crippen LogP contribution < -0.4 is 39.9 Å². The molecule has 0 N–H and O–H groups in total. The molecule has 0 saturated carbocycles. The summed E-state index contributed by atoms with van der Waals surface area (Å²) in [5.41, 5.74) is 0. The molecule has 152 valence electrons. The van der Waals surface area contributed by atoms with Gasteiger partial charge in [-0.3, -0.25) is 0 Å². The van der Waals surface area contributed by atoms with Crippen molar-refractivity contribution in [2.24, 2.45) is 0 Å². The molecule has 0 bridgehead atoms. The van der Waals surface area contributed by atoms with E-state index in [-0.39, 0.29) is 24.0 Å². The first-order valence-corrected chi connectivity index (χ1v) is 11.6. The highest BCUT2D eigenvalue weighted by Gasteiger charge is 2.50. The van der Waals surface area contributed by atoms with E-state index in [2.05, 4.69) is 90.0 Å². The fourth-order valence-corrected chi connectivity index (χ4v) is 7.96. The van der Waals surface area contributed by atoms with Crippen LogP contribution >= 0.6 is 7.26 Å². The molecule has 0 aliphatic carbocycles. The van der Waals surface area contributed by atoms with Gasteiger partial charge in [-0.15, -0.1) is 0 Å². The fraction of sp³-hybridized carbons (Fsp3) is 0.160. The van der Waals surface area contributed by atoms with Crippen molar-refractivity contribution in [3.8, 4) is 6.07 Å². The predicted molar refractivity (Wildman–Crippen MR) is 121 cm³/mol. The number of rotatable bonds is 5. The van der Waals surface area contributed by atoms with Gasteiger partial charge in [0.1, 0.15) is 22.0 Å². The highest BCUT2D eigenvalue weighted by Crippen LogP contribution is 2.62. The first-order chi connectivity index (χ1) is 14.4. The molecule has 1 heterocycles. The molecule has 3 aromatic carbocycles. The smallest absolute Gasteiger partial charge is 0.201 e. The molecule has 1 saturated heterocycles. The standard InChI is InChI=1S/C25H24N2OP.HI/c26-20-25(21-27-16-18-28-19-17-27)29(22-10-4-1-5-11-22,23-12-6-2-7-13-23)24-14-8-3-9-15-24;/h1-15,21H,16-19H2;1H/q+1;/p-1. The van der Waals surface area contributed by atoms with Crippen LogP contribution in [0.1, 0.15) is 0 Å². The second-order valence-electron chi connectivity index (χ2n) is 6.95. The normalized spacial score (nSPS) is 14.5. The summed E-state index contributed by atoms with van der Waals surface area (Å²) < 4.78 is 5.51. The van der Waals surface area contributed by atoms with Gasteiger partial charge in [-0.25, -0.2) is 0 Å². The van der Waals surface area contributed by atoms with E-state index in [0.717, 1.165) is 18.4 Å². The van der Waals surface area contributed by atoms with Gasteiger partial charge in [0, 0.05) is 13.1 Å². The Kier molecular flexibility index (Phi) is 8.04. The topological polar surface area (TPSA) is 36.3 Å². The summed E-state index contributed by atoms with van der Waals surface area (Å²) in [5.74, 6) is 0. The molecule has 1 aliphatic rings.